The number of carbonyl (C=O) groups is 1. The van der Waals surface area contributed by atoms with E-state index in [4.69, 9.17) is 11.6 Å². The van der Waals surface area contributed by atoms with Gasteiger partial charge in [0.25, 0.3) is 0 Å². The summed E-state index contributed by atoms with van der Waals surface area (Å²) in [6.07, 6.45) is 2.66. The van der Waals surface area contributed by atoms with Gasteiger partial charge in [0.2, 0.25) is 5.91 Å². The fraction of sp³-hybridized carbons (Fsp3) is 0.417. The van der Waals surface area contributed by atoms with E-state index >= 15 is 0 Å². The predicted octanol–water partition coefficient (Wildman–Crippen LogP) is 2.50. The van der Waals surface area contributed by atoms with Gasteiger partial charge in [0.05, 0.1) is 0 Å². The van der Waals surface area contributed by atoms with Crippen molar-refractivity contribution in [2.24, 2.45) is 0 Å². The maximum Gasteiger partial charge on any atom is 0.222 e. The second-order valence-corrected chi connectivity index (χ2v) is 4.30. The van der Waals surface area contributed by atoms with Gasteiger partial charge < -0.3 is 4.90 Å². The number of hydrogen-bond donors (Lipinski definition) is 0. The molecular weight excluding hydrogens is 210 g/mol. The van der Waals surface area contributed by atoms with Gasteiger partial charge >= 0.3 is 0 Å². The van der Waals surface area contributed by atoms with Gasteiger partial charge in [0.15, 0.2) is 0 Å². The van der Waals surface area contributed by atoms with Crippen LogP contribution >= 0.6 is 11.6 Å². The van der Waals surface area contributed by atoms with Crippen LogP contribution in [0.25, 0.3) is 0 Å². The monoisotopic (exact) mass is 223 g/mol. The molecular formula is C12H14ClNO. The molecule has 0 N–H and O–H groups in total. The summed E-state index contributed by atoms with van der Waals surface area (Å²) in [7, 11) is 0. The minimum Gasteiger partial charge on any atom is -0.342 e. The average molecular weight is 224 g/mol. The Bertz CT molecular complexity index is 347. The van der Waals surface area contributed by atoms with Gasteiger partial charge in [-0.15, -0.1) is 0 Å². The van der Waals surface area contributed by atoms with Crippen molar-refractivity contribution < 1.29 is 4.79 Å². The number of rotatable bonds is 3. The summed E-state index contributed by atoms with van der Waals surface area (Å²) in [4.78, 5) is 13.3. The van der Waals surface area contributed by atoms with Gasteiger partial charge in [-0.05, 0) is 30.5 Å². The number of benzene rings is 1. The molecule has 1 aliphatic heterocycles. The molecule has 0 atom stereocenters. The maximum absolute atomic E-state index is 11.4. The van der Waals surface area contributed by atoms with E-state index < -0.39 is 0 Å². The van der Waals surface area contributed by atoms with Crippen LogP contribution in [-0.4, -0.2) is 23.9 Å². The Morgan fingerprint density at radius 2 is 2.00 bits per heavy atom. The van der Waals surface area contributed by atoms with Crippen LogP contribution in [0.1, 0.15) is 18.4 Å². The molecule has 1 aliphatic rings. The fourth-order valence-electron chi connectivity index (χ4n) is 1.86. The molecule has 0 unspecified atom stereocenters. The highest BCUT2D eigenvalue weighted by Crippen LogP contribution is 2.13. The lowest BCUT2D eigenvalue weighted by atomic mass is 10.1. The first-order valence-electron chi connectivity index (χ1n) is 5.28. The molecule has 80 valence electrons. The van der Waals surface area contributed by atoms with Crippen LogP contribution in [-0.2, 0) is 11.2 Å². The number of likely N-dealkylation sites (tertiary alicyclic amines) is 1. The zero-order valence-electron chi connectivity index (χ0n) is 8.58. The van der Waals surface area contributed by atoms with Crippen molar-refractivity contribution in [2.75, 3.05) is 13.1 Å². The highest BCUT2D eigenvalue weighted by atomic mass is 35.5. The molecule has 1 aromatic carbocycles. The second kappa shape index (κ2) is 4.67. The first kappa shape index (κ1) is 10.5. The van der Waals surface area contributed by atoms with E-state index in [0.29, 0.717) is 5.91 Å². The molecule has 1 amide bonds. The summed E-state index contributed by atoms with van der Waals surface area (Å²) in [5, 5.41) is 0.760. The normalized spacial score (nSPS) is 16.1. The van der Waals surface area contributed by atoms with Crippen LogP contribution in [0.4, 0.5) is 0 Å². The van der Waals surface area contributed by atoms with E-state index in [2.05, 4.69) is 0 Å². The third kappa shape index (κ3) is 2.72. The molecule has 0 aliphatic carbocycles. The van der Waals surface area contributed by atoms with Gasteiger partial charge in [0, 0.05) is 24.5 Å². The first-order chi connectivity index (χ1) is 7.25. The second-order valence-electron chi connectivity index (χ2n) is 3.86. The summed E-state index contributed by atoms with van der Waals surface area (Å²) in [5.41, 5.74) is 1.24. The molecule has 1 heterocycles. The quantitative estimate of drug-likeness (QED) is 0.771. The van der Waals surface area contributed by atoms with E-state index in [1.54, 1.807) is 0 Å². The average Bonchev–Trinajstić information content (AvgIpc) is 2.63. The van der Waals surface area contributed by atoms with Gasteiger partial charge in [-0.3, -0.25) is 4.79 Å². The molecule has 0 bridgehead atoms. The molecule has 2 nitrogen and oxygen atoms in total. The molecule has 1 fully saturated rings. The van der Waals surface area contributed by atoms with Gasteiger partial charge in [-0.2, -0.15) is 0 Å². The van der Waals surface area contributed by atoms with Crippen LogP contribution in [0.2, 0.25) is 5.02 Å². The highest BCUT2D eigenvalue weighted by molar-refractivity contribution is 6.30. The van der Waals surface area contributed by atoms with E-state index in [0.717, 1.165) is 37.4 Å². The van der Waals surface area contributed by atoms with Crippen molar-refractivity contribution in [2.45, 2.75) is 19.3 Å². The zero-order chi connectivity index (χ0) is 10.7. The molecule has 0 radical (unpaired) electrons. The van der Waals surface area contributed by atoms with Crippen molar-refractivity contribution in [1.29, 1.82) is 0 Å². The number of halogens is 1. The topological polar surface area (TPSA) is 20.3 Å². The Balaban J connectivity index is 1.87. The molecule has 15 heavy (non-hydrogen) atoms. The lowest BCUT2D eigenvalue weighted by Gasteiger charge is -2.14. The lowest BCUT2D eigenvalue weighted by Crippen LogP contribution is -2.26. The van der Waals surface area contributed by atoms with Crippen LogP contribution in [0, 0.1) is 0 Å². The number of hydrogen-bond acceptors (Lipinski definition) is 1. The Morgan fingerprint density at radius 1 is 1.27 bits per heavy atom. The van der Waals surface area contributed by atoms with Gasteiger partial charge in [-0.1, -0.05) is 23.7 Å². The zero-order valence-corrected chi connectivity index (χ0v) is 9.33. The lowest BCUT2D eigenvalue weighted by molar-refractivity contribution is -0.127. The van der Waals surface area contributed by atoms with Crippen LogP contribution in [0.5, 0.6) is 0 Å². The van der Waals surface area contributed by atoms with Crippen molar-refractivity contribution in [3.8, 4) is 0 Å². The van der Waals surface area contributed by atoms with Crippen molar-refractivity contribution in [3.05, 3.63) is 34.9 Å². The van der Waals surface area contributed by atoms with Gasteiger partial charge in [-0.25, -0.2) is 0 Å². The Morgan fingerprint density at radius 3 is 2.60 bits per heavy atom. The SMILES string of the molecule is O=C1CCCN1CCc1ccc(Cl)cc1. The molecule has 0 aromatic heterocycles. The van der Waals surface area contributed by atoms with E-state index in [1.807, 2.05) is 29.2 Å². The van der Waals surface area contributed by atoms with Crippen molar-refractivity contribution >= 4 is 17.5 Å². The molecule has 3 heteroatoms. The maximum atomic E-state index is 11.4. The summed E-state index contributed by atoms with van der Waals surface area (Å²) >= 11 is 5.80. The number of amides is 1. The standard InChI is InChI=1S/C12H14ClNO/c13-11-5-3-10(4-6-11)7-9-14-8-1-2-12(14)15/h3-6H,1-2,7-9H2. The van der Waals surface area contributed by atoms with Crippen molar-refractivity contribution in [1.82, 2.24) is 4.90 Å². The van der Waals surface area contributed by atoms with Crippen LogP contribution < -0.4 is 0 Å². The molecule has 1 saturated heterocycles. The minimum absolute atomic E-state index is 0.295. The summed E-state index contributed by atoms with van der Waals surface area (Å²) < 4.78 is 0. The number of nitrogens with zero attached hydrogens (tertiary/aromatic N) is 1. The molecule has 0 saturated carbocycles. The summed E-state index contributed by atoms with van der Waals surface area (Å²) in [6.45, 7) is 1.76. The summed E-state index contributed by atoms with van der Waals surface area (Å²) in [5.74, 6) is 0.295. The van der Waals surface area contributed by atoms with Crippen LogP contribution in [0.3, 0.4) is 0 Å². The Kier molecular flexibility index (Phi) is 3.27. The van der Waals surface area contributed by atoms with E-state index in [-0.39, 0.29) is 0 Å². The molecule has 0 spiro atoms. The minimum atomic E-state index is 0.295. The third-order valence-electron chi connectivity index (χ3n) is 2.76. The van der Waals surface area contributed by atoms with Crippen molar-refractivity contribution in [3.63, 3.8) is 0 Å². The first-order valence-corrected chi connectivity index (χ1v) is 5.66. The largest absolute Gasteiger partial charge is 0.342 e. The Hall–Kier alpha value is -1.02. The number of carbonyl (C=O) groups excluding carboxylic acids is 1. The fourth-order valence-corrected chi connectivity index (χ4v) is 1.98. The Labute approximate surface area is 94.8 Å². The van der Waals surface area contributed by atoms with E-state index in [1.165, 1.54) is 5.56 Å². The van der Waals surface area contributed by atoms with Gasteiger partial charge in [0.1, 0.15) is 0 Å². The smallest absolute Gasteiger partial charge is 0.222 e. The predicted molar refractivity (Wildman–Crippen MR) is 61.0 cm³/mol. The molecule has 2 rings (SSSR count). The molecule has 1 aromatic rings. The van der Waals surface area contributed by atoms with E-state index in [9.17, 15) is 4.79 Å². The summed E-state index contributed by atoms with van der Waals surface area (Å²) in [6, 6.07) is 7.82. The van der Waals surface area contributed by atoms with Crippen LogP contribution in [0.15, 0.2) is 24.3 Å². The highest BCUT2D eigenvalue weighted by Gasteiger charge is 2.19. The third-order valence-corrected chi connectivity index (χ3v) is 3.01.